The molecule has 1 aromatic heterocycles. The van der Waals surface area contributed by atoms with Gasteiger partial charge in [0.25, 0.3) is 0 Å². The molecule has 2 aliphatic rings. The van der Waals surface area contributed by atoms with E-state index in [9.17, 15) is 0 Å². The number of hydrogen-bond acceptors (Lipinski definition) is 4. The summed E-state index contributed by atoms with van der Waals surface area (Å²) in [6.45, 7) is 0. The monoisotopic (exact) mass is 613 g/mol. The summed E-state index contributed by atoms with van der Waals surface area (Å²) >= 11 is 0. The van der Waals surface area contributed by atoms with Crippen LogP contribution in [-0.2, 0) is 5.41 Å². The first-order chi connectivity index (χ1) is 23.8. The predicted molar refractivity (Wildman–Crippen MR) is 191 cm³/mol. The number of hydrogen-bond donors (Lipinski definition) is 0. The van der Waals surface area contributed by atoms with Crippen LogP contribution in [-0.4, -0.2) is 15.0 Å². The van der Waals surface area contributed by atoms with Crippen LogP contribution >= 0.6 is 0 Å². The molecule has 0 saturated carbocycles. The second kappa shape index (κ2) is 10.3. The number of benzene rings is 7. The van der Waals surface area contributed by atoms with Gasteiger partial charge in [-0.25, -0.2) is 15.0 Å². The van der Waals surface area contributed by atoms with Crippen molar-refractivity contribution < 1.29 is 4.74 Å². The fraction of sp³-hybridized carbons (Fsp3) is 0.0227. The lowest BCUT2D eigenvalue weighted by molar-refractivity contribution is 0.436. The van der Waals surface area contributed by atoms with Gasteiger partial charge in [-0.1, -0.05) is 133 Å². The maximum Gasteiger partial charge on any atom is 0.164 e. The van der Waals surface area contributed by atoms with Crippen molar-refractivity contribution in [3.8, 4) is 56.8 Å². The van der Waals surface area contributed by atoms with Crippen LogP contribution in [0.1, 0.15) is 22.3 Å². The first-order valence-corrected chi connectivity index (χ1v) is 16.2. The zero-order valence-electron chi connectivity index (χ0n) is 25.8. The van der Waals surface area contributed by atoms with E-state index in [4.69, 9.17) is 19.7 Å². The molecule has 4 heteroatoms. The third kappa shape index (κ3) is 3.86. The van der Waals surface area contributed by atoms with Crippen molar-refractivity contribution in [3.63, 3.8) is 0 Å². The average Bonchev–Trinajstić information content (AvgIpc) is 3.44. The van der Waals surface area contributed by atoms with Crippen molar-refractivity contribution in [1.29, 1.82) is 0 Å². The zero-order chi connectivity index (χ0) is 31.7. The van der Waals surface area contributed by atoms with Crippen LogP contribution in [0.25, 0.3) is 56.1 Å². The van der Waals surface area contributed by atoms with Gasteiger partial charge in [-0.15, -0.1) is 0 Å². The van der Waals surface area contributed by atoms with Crippen molar-refractivity contribution in [3.05, 3.63) is 186 Å². The van der Waals surface area contributed by atoms with Crippen LogP contribution in [0.15, 0.2) is 164 Å². The highest BCUT2D eigenvalue weighted by molar-refractivity contribution is 5.98. The number of ether oxygens (including phenoxy) is 1. The average molecular weight is 614 g/mol. The summed E-state index contributed by atoms with van der Waals surface area (Å²) < 4.78 is 6.53. The van der Waals surface area contributed by atoms with Crippen molar-refractivity contribution in [1.82, 2.24) is 15.0 Å². The highest BCUT2D eigenvalue weighted by Crippen LogP contribution is 2.62. The quantitative estimate of drug-likeness (QED) is 0.199. The molecule has 1 aliphatic heterocycles. The maximum atomic E-state index is 6.53. The van der Waals surface area contributed by atoms with Crippen LogP contribution in [0.2, 0.25) is 0 Å². The standard InChI is InChI=1S/C44H27N3O/c1-3-13-28(14-4-1)41-45-42(29-15-5-2-6-16-29)47-43(46-41)31-24-23-30-26-34-33-17-7-8-18-35(33)44(38(34)27-32(30)25-31)36-19-9-11-21-39(36)48-40-22-12-10-20-37(40)44/h1-27H. The van der Waals surface area contributed by atoms with Gasteiger partial charge in [0.15, 0.2) is 17.5 Å². The largest absolute Gasteiger partial charge is 0.457 e. The summed E-state index contributed by atoms with van der Waals surface area (Å²) in [4.78, 5) is 14.9. The number of rotatable bonds is 3. The van der Waals surface area contributed by atoms with E-state index < -0.39 is 5.41 Å². The molecule has 8 aromatic rings. The fourth-order valence-corrected chi connectivity index (χ4v) is 7.67. The summed E-state index contributed by atoms with van der Waals surface area (Å²) in [5.74, 6) is 3.72. The molecule has 1 aliphatic carbocycles. The van der Waals surface area contributed by atoms with Gasteiger partial charge in [-0.05, 0) is 63.4 Å². The maximum absolute atomic E-state index is 6.53. The number of fused-ring (bicyclic) bond motifs is 10. The van der Waals surface area contributed by atoms with Crippen LogP contribution < -0.4 is 4.74 Å². The second-order valence-electron chi connectivity index (χ2n) is 12.4. The third-order valence-corrected chi connectivity index (χ3v) is 9.76. The van der Waals surface area contributed by atoms with E-state index in [-0.39, 0.29) is 0 Å². The molecule has 0 unspecified atom stereocenters. The Hall–Kier alpha value is -6.39. The molecule has 0 saturated heterocycles. The lowest BCUT2D eigenvalue weighted by Crippen LogP contribution is -2.32. The van der Waals surface area contributed by atoms with Crippen molar-refractivity contribution in [2.45, 2.75) is 5.41 Å². The van der Waals surface area contributed by atoms with Gasteiger partial charge in [0, 0.05) is 27.8 Å². The highest BCUT2D eigenvalue weighted by Gasteiger charge is 2.51. The Morgan fingerprint density at radius 2 is 0.875 bits per heavy atom. The van der Waals surface area contributed by atoms with Gasteiger partial charge in [0.1, 0.15) is 11.5 Å². The minimum Gasteiger partial charge on any atom is -0.457 e. The molecule has 0 atom stereocenters. The van der Waals surface area contributed by atoms with E-state index in [2.05, 4.69) is 103 Å². The summed E-state index contributed by atoms with van der Waals surface area (Å²) in [6, 6.07) is 57.3. The molecule has 1 spiro atoms. The van der Waals surface area contributed by atoms with E-state index in [0.29, 0.717) is 17.5 Å². The molecule has 0 bridgehead atoms. The Labute approximate surface area is 278 Å². The van der Waals surface area contributed by atoms with Gasteiger partial charge in [0.2, 0.25) is 0 Å². The molecular formula is C44H27N3O. The molecule has 0 amide bonds. The summed E-state index contributed by atoms with van der Waals surface area (Å²) in [5.41, 5.74) is 9.66. The van der Waals surface area contributed by atoms with Gasteiger partial charge in [-0.2, -0.15) is 0 Å². The van der Waals surface area contributed by atoms with E-state index in [1.165, 1.54) is 27.6 Å². The van der Waals surface area contributed by atoms with E-state index in [1.807, 2.05) is 60.7 Å². The molecular weight excluding hydrogens is 587 g/mol. The van der Waals surface area contributed by atoms with Crippen LogP contribution in [0.3, 0.4) is 0 Å². The SMILES string of the molecule is c1ccc(-c2nc(-c3ccccc3)nc(-c3ccc4cc5c(cc4c3)C3(c4ccccc4Oc4ccccc43)c3ccccc3-5)n2)cc1. The number of nitrogens with zero attached hydrogens (tertiary/aromatic N) is 3. The smallest absolute Gasteiger partial charge is 0.164 e. The van der Waals surface area contributed by atoms with E-state index >= 15 is 0 Å². The molecule has 48 heavy (non-hydrogen) atoms. The molecule has 224 valence electrons. The van der Waals surface area contributed by atoms with Crippen molar-refractivity contribution in [2.24, 2.45) is 0 Å². The first-order valence-electron chi connectivity index (χ1n) is 16.2. The zero-order valence-corrected chi connectivity index (χ0v) is 25.8. The Balaban J connectivity index is 1.22. The molecule has 7 aromatic carbocycles. The van der Waals surface area contributed by atoms with Gasteiger partial charge < -0.3 is 4.74 Å². The first kappa shape index (κ1) is 26.8. The molecule has 10 rings (SSSR count). The Kier molecular flexibility index (Phi) is 5.75. The Bertz CT molecular complexity index is 2440. The minimum atomic E-state index is -0.518. The lowest BCUT2D eigenvalue weighted by atomic mass is 9.66. The molecule has 0 radical (unpaired) electrons. The second-order valence-corrected chi connectivity index (χ2v) is 12.4. The Morgan fingerprint density at radius 3 is 1.50 bits per heavy atom. The number of aromatic nitrogens is 3. The normalized spacial score (nSPS) is 13.3. The summed E-state index contributed by atoms with van der Waals surface area (Å²) in [5, 5.41) is 2.29. The Morgan fingerprint density at radius 1 is 0.354 bits per heavy atom. The molecule has 0 fully saturated rings. The number of para-hydroxylation sites is 2. The van der Waals surface area contributed by atoms with Crippen LogP contribution in [0, 0.1) is 0 Å². The lowest BCUT2D eigenvalue weighted by Gasteiger charge is -2.39. The van der Waals surface area contributed by atoms with E-state index in [1.54, 1.807) is 0 Å². The molecule has 4 nitrogen and oxygen atoms in total. The fourth-order valence-electron chi connectivity index (χ4n) is 7.67. The van der Waals surface area contributed by atoms with Gasteiger partial charge in [0.05, 0.1) is 5.41 Å². The van der Waals surface area contributed by atoms with Crippen LogP contribution in [0.5, 0.6) is 11.5 Å². The summed E-state index contributed by atoms with van der Waals surface area (Å²) in [6.07, 6.45) is 0. The van der Waals surface area contributed by atoms with Crippen LogP contribution in [0.4, 0.5) is 0 Å². The predicted octanol–water partition coefficient (Wildman–Crippen LogP) is 10.5. The minimum absolute atomic E-state index is 0.518. The van der Waals surface area contributed by atoms with Gasteiger partial charge in [-0.3, -0.25) is 0 Å². The van der Waals surface area contributed by atoms with Gasteiger partial charge >= 0.3 is 0 Å². The van der Waals surface area contributed by atoms with Crippen molar-refractivity contribution in [2.75, 3.05) is 0 Å². The highest BCUT2D eigenvalue weighted by atomic mass is 16.5. The summed E-state index contributed by atoms with van der Waals surface area (Å²) in [7, 11) is 0. The topological polar surface area (TPSA) is 47.9 Å². The molecule has 2 heterocycles. The van der Waals surface area contributed by atoms with Crippen molar-refractivity contribution >= 4 is 10.8 Å². The molecule has 0 N–H and O–H groups in total. The third-order valence-electron chi connectivity index (χ3n) is 9.76. The van der Waals surface area contributed by atoms with E-state index in [0.717, 1.165) is 44.7 Å².